The molecule has 2 rings (SSSR count). The minimum absolute atomic E-state index is 0.0979. The van der Waals surface area contributed by atoms with E-state index >= 15 is 0 Å². The summed E-state index contributed by atoms with van der Waals surface area (Å²) in [7, 11) is 4.76. The van der Waals surface area contributed by atoms with Gasteiger partial charge in [-0.25, -0.2) is 0 Å². The van der Waals surface area contributed by atoms with Gasteiger partial charge in [0.15, 0.2) is 0 Å². The lowest BCUT2D eigenvalue weighted by Crippen LogP contribution is -2.40. The molecule has 0 aliphatic carbocycles. The molecule has 0 spiro atoms. The summed E-state index contributed by atoms with van der Waals surface area (Å²) in [6, 6.07) is 3.33. The monoisotopic (exact) mass is 294 g/mol. The SMILES string of the molecule is COc1cc(OC)c(N)c(C(=O)N2CCC(OC)CC2)c1. The van der Waals surface area contributed by atoms with Gasteiger partial charge in [-0.2, -0.15) is 0 Å². The summed E-state index contributed by atoms with van der Waals surface area (Å²) >= 11 is 0. The van der Waals surface area contributed by atoms with Gasteiger partial charge < -0.3 is 24.8 Å². The van der Waals surface area contributed by atoms with Gasteiger partial charge in [0.1, 0.15) is 11.5 Å². The van der Waals surface area contributed by atoms with Gasteiger partial charge in [0, 0.05) is 26.3 Å². The van der Waals surface area contributed by atoms with Crippen LogP contribution in [0.1, 0.15) is 23.2 Å². The average Bonchev–Trinajstić information content (AvgIpc) is 2.54. The van der Waals surface area contributed by atoms with E-state index in [1.54, 1.807) is 31.3 Å². The van der Waals surface area contributed by atoms with E-state index in [2.05, 4.69) is 0 Å². The number of ether oxygens (including phenoxy) is 3. The van der Waals surface area contributed by atoms with Gasteiger partial charge in [0.25, 0.3) is 5.91 Å². The third kappa shape index (κ3) is 3.21. The van der Waals surface area contributed by atoms with E-state index < -0.39 is 0 Å². The molecule has 1 amide bonds. The van der Waals surface area contributed by atoms with E-state index in [1.807, 2.05) is 0 Å². The van der Waals surface area contributed by atoms with Gasteiger partial charge in [-0.1, -0.05) is 0 Å². The molecule has 21 heavy (non-hydrogen) atoms. The van der Waals surface area contributed by atoms with Crippen molar-refractivity contribution >= 4 is 11.6 Å². The van der Waals surface area contributed by atoms with Crippen molar-refractivity contribution in [1.29, 1.82) is 0 Å². The molecule has 1 aliphatic rings. The Kier molecular flexibility index (Phi) is 4.90. The van der Waals surface area contributed by atoms with Crippen molar-refractivity contribution in [3.8, 4) is 11.5 Å². The lowest BCUT2D eigenvalue weighted by atomic mass is 10.0. The predicted molar refractivity (Wildman–Crippen MR) is 79.9 cm³/mol. The first-order valence-corrected chi connectivity index (χ1v) is 6.94. The van der Waals surface area contributed by atoms with Crippen LogP contribution in [-0.4, -0.2) is 51.3 Å². The molecular weight excluding hydrogens is 272 g/mol. The number of amides is 1. The van der Waals surface area contributed by atoms with Crippen LogP contribution >= 0.6 is 0 Å². The molecule has 1 saturated heterocycles. The Labute approximate surface area is 124 Å². The molecule has 1 aromatic carbocycles. The molecule has 1 aromatic rings. The summed E-state index contributed by atoms with van der Waals surface area (Å²) in [6.07, 6.45) is 1.90. The molecule has 1 aliphatic heterocycles. The molecule has 0 atom stereocenters. The molecule has 6 nitrogen and oxygen atoms in total. The highest BCUT2D eigenvalue weighted by Crippen LogP contribution is 2.32. The minimum atomic E-state index is -0.0979. The van der Waals surface area contributed by atoms with Crippen molar-refractivity contribution in [2.45, 2.75) is 18.9 Å². The molecule has 6 heteroatoms. The van der Waals surface area contributed by atoms with E-state index in [4.69, 9.17) is 19.9 Å². The van der Waals surface area contributed by atoms with Crippen molar-refractivity contribution in [2.75, 3.05) is 40.2 Å². The first-order valence-electron chi connectivity index (χ1n) is 6.94. The Morgan fingerprint density at radius 1 is 1.19 bits per heavy atom. The average molecular weight is 294 g/mol. The van der Waals surface area contributed by atoms with Crippen molar-refractivity contribution < 1.29 is 19.0 Å². The Balaban J connectivity index is 2.23. The topological polar surface area (TPSA) is 74.0 Å². The first kappa shape index (κ1) is 15.4. The molecular formula is C15H22N2O4. The highest BCUT2D eigenvalue weighted by molar-refractivity contribution is 6.01. The number of piperidine rings is 1. The summed E-state index contributed by atoms with van der Waals surface area (Å²) in [5.41, 5.74) is 6.79. The molecule has 116 valence electrons. The van der Waals surface area contributed by atoms with Gasteiger partial charge >= 0.3 is 0 Å². The molecule has 0 radical (unpaired) electrons. The fourth-order valence-electron chi connectivity index (χ4n) is 2.53. The number of methoxy groups -OCH3 is 3. The van der Waals surface area contributed by atoms with Crippen LogP contribution < -0.4 is 15.2 Å². The van der Waals surface area contributed by atoms with Crippen LogP contribution in [0.5, 0.6) is 11.5 Å². The van der Waals surface area contributed by atoms with Gasteiger partial charge in [-0.15, -0.1) is 0 Å². The summed E-state index contributed by atoms with van der Waals surface area (Å²) in [6.45, 7) is 1.33. The first-order chi connectivity index (χ1) is 10.1. The van der Waals surface area contributed by atoms with Crippen LogP contribution in [0.25, 0.3) is 0 Å². The lowest BCUT2D eigenvalue weighted by Gasteiger charge is -2.31. The number of anilines is 1. The summed E-state index contributed by atoms with van der Waals surface area (Å²) in [5, 5.41) is 0. The maximum absolute atomic E-state index is 12.6. The number of carbonyl (C=O) groups excluding carboxylic acids is 1. The Morgan fingerprint density at radius 2 is 1.86 bits per heavy atom. The Hall–Kier alpha value is -1.95. The zero-order valence-electron chi connectivity index (χ0n) is 12.7. The van der Waals surface area contributed by atoms with E-state index in [-0.39, 0.29) is 12.0 Å². The number of rotatable bonds is 4. The van der Waals surface area contributed by atoms with Crippen molar-refractivity contribution in [3.63, 3.8) is 0 Å². The number of hydrogen-bond donors (Lipinski definition) is 1. The minimum Gasteiger partial charge on any atom is -0.497 e. The molecule has 2 N–H and O–H groups in total. The fourth-order valence-corrected chi connectivity index (χ4v) is 2.53. The lowest BCUT2D eigenvalue weighted by molar-refractivity contribution is 0.0351. The molecule has 0 aromatic heterocycles. The largest absolute Gasteiger partial charge is 0.497 e. The zero-order chi connectivity index (χ0) is 15.4. The van der Waals surface area contributed by atoms with E-state index in [9.17, 15) is 4.79 Å². The van der Waals surface area contributed by atoms with Crippen LogP contribution in [0.3, 0.4) is 0 Å². The van der Waals surface area contributed by atoms with E-state index in [0.29, 0.717) is 35.8 Å². The zero-order valence-corrected chi connectivity index (χ0v) is 12.7. The van der Waals surface area contributed by atoms with Gasteiger partial charge in [0.2, 0.25) is 0 Å². The number of nitrogens with two attached hydrogens (primary N) is 1. The number of nitrogens with zero attached hydrogens (tertiary/aromatic N) is 1. The smallest absolute Gasteiger partial charge is 0.256 e. The van der Waals surface area contributed by atoms with Crippen LogP contribution in [-0.2, 0) is 4.74 Å². The maximum Gasteiger partial charge on any atom is 0.256 e. The van der Waals surface area contributed by atoms with E-state index in [1.165, 1.54) is 7.11 Å². The molecule has 1 heterocycles. The van der Waals surface area contributed by atoms with Gasteiger partial charge in [-0.3, -0.25) is 4.79 Å². The Bertz CT molecular complexity index is 511. The summed E-state index contributed by atoms with van der Waals surface area (Å²) in [5.74, 6) is 0.903. The number of nitrogen functional groups attached to an aromatic ring is 1. The second kappa shape index (κ2) is 6.67. The number of hydrogen-bond acceptors (Lipinski definition) is 5. The van der Waals surface area contributed by atoms with Gasteiger partial charge in [0.05, 0.1) is 31.6 Å². The standard InChI is InChI=1S/C15H22N2O4/c1-19-10-4-6-17(7-5-10)15(18)12-8-11(20-2)9-13(21-3)14(12)16/h8-10H,4-7,16H2,1-3H3. The summed E-state index contributed by atoms with van der Waals surface area (Å²) < 4.78 is 15.7. The van der Waals surface area contributed by atoms with Gasteiger partial charge in [-0.05, 0) is 18.9 Å². The summed E-state index contributed by atoms with van der Waals surface area (Å²) in [4.78, 5) is 14.4. The van der Waals surface area contributed by atoms with Crippen molar-refractivity contribution in [3.05, 3.63) is 17.7 Å². The number of benzene rings is 1. The quantitative estimate of drug-likeness (QED) is 0.853. The Morgan fingerprint density at radius 3 is 2.38 bits per heavy atom. The highest BCUT2D eigenvalue weighted by atomic mass is 16.5. The van der Waals surface area contributed by atoms with Crippen LogP contribution in [0.4, 0.5) is 5.69 Å². The molecule has 1 fully saturated rings. The second-order valence-electron chi connectivity index (χ2n) is 5.02. The van der Waals surface area contributed by atoms with Crippen molar-refractivity contribution in [1.82, 2.24) is 4.90 Å². The van der Waals surface area contributed by atoms with Crippen LogP contribution in [0.15, 0.2) is 12.1 Å². The third-order valence-electron chi connectivity index (χ3n) is 3.86. The fraction of sp³-hybridized carbons (Fsp3) is 0.533. The number of carbonyl (C=O) groups is 1. The molecule has 0 unspecified atom stereocenters. The highest BCUT2D eigenvalue weighted by Gasteiger charge is 2.26. The predicted octanol–water partition coefficient (Wildman–Crippen LogP) is 1.54. The number of likely N-dealkylation sites (tertiary alicyclic amines) is 1. The van der Waals surface area contributed by atoms with Crippen LogP contribution in [0.2, 0.25) is 0 Å². The van der Waals surface area contributed by atoms with Crippen molar-refractivity contribution in [2.24, 2.45) is 0 Å². The second-order valence-corrected chi connectivity index (χ2v) is 5.02. The van der Waals surface area contributed by atoms with E-state index in [0.717, 1.165) is 12.8 Å². The van der Waals surface area contributed by atoms with Crippen LogP contribution in [0, 0.1) is 0 Å². The third-order valence-corrected chi connectivity index (χ3v) is 3.86. The molecule has 0 bridgehead atoms. The molecule has 0 saturated carbocycles. The normalized spacial score (nSPS) is 15.9. The maximum atomic E-state index is 12.6.